The van der Waals surface area contributed by atoms with Crippen LogP contribution >= 0.6 is 22.9 Å². The van der Waals surface area contributed by atoms with E-state index in [0.29, 0.717) is 24.5 Å². The Morgan fingerprint density at radius 2 is 2.27 bits per heavy atom. The molecule has 1 aliphatic heterocycles. The van der Waals surface area contributed by atoms with Crippen LogP contribution in [0.2, 0.25) is 5.02 Å². The molecule has 2 aromatic rings. The lowest BCUT2D eigenvalue weighted by atomic mass is 9.90. The minimum Gasteiger partial charge on any atom is -0.481 e. The minimum atomic E-state index is -0.717. The molecule has 0 bridgehead atoms. The van der Waals surface area contributed by atoms with Crippen LogP contribution in [0.4, 0.5) is 0 Å². The predicted molar refractivity (Wildman–Crippen MR) is 88.2 cm³/mol. The molecular weight excluding hydrogens is 320 g/mol. The first kappa shape index (κ1) is 15.5. The van der Waals surface area contributed by atoms with Crippen molar-refractivity contribution in [1.29, 1.82) is 0 Å². The highest BCUT2D eigenvalue weighted by atomic mass is 35.5. The van der Waals surface area contributed by atoms with Crippen molar-refractivity contribution in [1.82, 2.24) is 9.88 Å². The maximum atomic E-state index is 11.3. The lowest BCUT2D eigenvalue weighted by Crippen LogP contribution is -2.31. The summed E-state index contributed by atoms with van der Waals surface area (Å²) in [5.41, 5.74) is 1.18. The molecule has 6 heteroatoms. The number of carboxylic acids is 1. The van der Waals surface area contributed by atoms with E-state index in [2.05, 4.69) is 9.88 Å². The van der Waals surface area contributed by atoms with Crippen molar-refractivity contribution in [2.24, 2.45) is 5.41 Å². The van der Waals surface area contributed by atoms with E-state index in [0.717, 1.165) is 22.8 Å². The quantitative estimate of drug-likeness (QED) is 0.923. The molecule has 1 aromatic heterocycles. The third kappa shape index (κ3) is 3.02. The Morgan fingerprint density at radius 3 is 2.95 bits per heavy atom. The van der Waals surface area contributed by atoms with Crippen LogP contribution in [0.25, 0.3) is 11.3 Å². The van der Waals surface area contributed by atoms with E-state index in [4.69, 9.17) is 11.6 Å². The minimum absolute atomic E-state index is 0.573. The number of aliphatic carboxylic acids is 1. The fourth-order valence-corrected chi connectivity index (χ4v) is 3.80. The van der Waals surface area contributed by atoms with Gasteiger partial charge < -0.3 is 5.11 Å². The molecule has 2 heterocycles. The highest BCUT2D eigenvalue weighted by Crippen LogP contribution is 2.33. The lowest BCUT2D eigenvalue weighted by Gasteiger charge is -2.19. The number of likely N-dealkylation sites (tertiary alicyclic amines) is 1. The number of rotatable bonds is 4. The van der Waals surface area contributed by atoms with E-state index in [1.807, 2.05) is 36.6 Å². The first-order chi connectivity index (χ1) is 10.5. The van der Waals surface area contributed by atoms with Crippen LogP contribution in [-0.2, 0) is 11.3 Å². The molecule has 0 spiro atoms. The van der Waals surface area contributed by atoms with Crippen molar-refractivity contribution in [3.8, 4) is 11.3 Å². The van der Waals surface area contributed by atoms with E-state index in [1.54, 1.807) is 11.3 Å². The second kappa shape index (κ2) is 5.99. The van der Waals surface area contributed by atoms with Gasteiger partial charge in [-0.3, -0.25) is 9.69 Å². The summed E-state index contributed by atoms with van der Waals surface area (Å²) in [7, 11) is 0. The molecule has 116 valence electrons. The van der Waals surface area contributed by atoms with E-state index in [1.165, 1.54) is 0 Å². The Bertz CT molecular complexity index is 703. The summed E-state index contributed by atoms with van der Waals surface area (Å²) in [5.74, 6) is -0.717. The highest BCUT2D eigenvalue weighted by Gasteiger charge is 2.40. The topological polar surface area (TPSA) is 53.4 Å². The summed E-state index contributed by atoms with van der Waals surface area (Å²) in [6.45, 7) is 3.87. The van der Waals surface area contributed by atoms with Gasteiger partial charge in [0.15, 0.2) is 0 Å². The predicted octanol–water partition coefficient (Wildman–Crippen LogP) is 3.76. The van der Waals surface area contributed by atoms with Gasteiger partial charge in [-0.1, -0.05) is 29.8 Å². The lowest BCUT2D eigenvalue weighted by molar-refractivity contribution is -0.147. The van der Waals surface area contributed by atoms with E-state index in [9.17, 15) is 9.90 Å². The van der Waals surface area contributed by atoms with Crippen molar-refractivity contribution in [2.75, 3.05) is 13.1 Å². The smallest absolute Gasteiger partial charge is 0.310 e. The number of carbonyl (C=O) groups is 1. The Labute approximate surface area is 138 Å². The third-order valence-electron chi connectivity index (χ3n) is 4.13. The summed E-state index contributed by atoms with van der Waals surface area (Å²) in [5, 5.41) is 13.0. The summed E-state index contributed by atoms with van der Waals surface area (Å²) >= 11 is 7.79. The Kier molecular flexibility index (Phi) is 4.21. The molecule has 4 nitrogen and oxygen atoms in total. The fraction of sp³-hybridized carbons (Fsp3) is 0.375. The molecule has 1 saturated heterocycles. The number of halogens is 1. The average molecular weight is 337 g/mol. The van der Waals surface area contributed by atoms with Crippen LogP contribution in [0.3, 0.4) is 0 Å². The molecule has 1 atom stereocenters. The SMILES string of the molecule is CC1(C(=O)O)CCN(Cc2nc(-c3ccccc3Cl)cs2)C1. The van der Waals surface area contributed by atoms with E-state index >= 15 is 0 Å². The molecule has 1 aliphatic rings. The molecule has 1 aromatic carbocycles. The van der Waals surface area contributed by atoms with Gasteiger partial charge in [-0.05, 0) is 26.0 Å². The molecular formula is C16H17ClN2O2S. The van der Waals surface area contributed by atoms with Gasteiger partial charge in [0.2, 0.25) is 0 Å². The number of hydrogen-bond acceptors (Lipinski definition) is 4. The second-order valence-corrected chi connectivity index (χ2v) is 7.28. The number of carboxylic acid groups (broad SMARTS) is 1. The number of hydrogen-bond donors (Lipinski definition) is 1. The number of benzene rings is 1. The van der Waals surface area contributed by atoms with Gasteiger partial charge in [-0.2, -0.15) is 0 Å². The molecule has 0 saturated carbocycles. The zero-order valence-corrected chi connectivity index (χ0v) is 13.8. The van der Waals surface area contributed by atoms with Crippen molar-refractivity contribution in [2.45, 2.75) is 19.9 Å². The van der Waals surface area contributed by atoms with Crippen molar-refractivity contribution >= 4 is 28.9 Å². The Balaban J connectivity index is 1.71. The van der Waals surface area contributed by atoms with Gasteiger partial charge in [-0.25, -0.2) is 4.98 Å². The highest BCUT2D eigenvalue weighted by molar-refractivity contribution is 7.09. The van der Waals surface area contributed by atoms with Crippen LogP contribution in [0.5, 0.6) is 0 Å². The van der Waals surface area contributed by atoms with Crippen LogP contribution < -0.4 is 0 Å². The monoisotopic (exact) mass is 336 g/mol. The first-order valence-corrected chi connectivity index (χ1v) is 8.39. The molecule has 1 unspecified atom stereocenters. The molecule has 0 radical (unpaired) electrons. The summed E-state index contributed by atoms with van der Waals surface area (Å²) in [4.78, 5) is 18.1. The molecule has 0 amide bonds. The van der Waals surface area contributed by atoms with Crippen LogP contribution in [-0.4, -0.2) is 34.0 Å². The number of nitrogens with zero attached hydrogens (tertiary/aromatic N) is 2. The maximum Gasteiger partial charge on any atom is 0.310 e. The normalized spacial score (nSPS) is 22.1. The van der Waals surface area contributed by atoms with Gasteiger partial charge in [0.05, 0.1) is 17.7 Å². The van der Waals surface area contributed by atoms with Crippen molar-refractivity contribution in [3.05, 3.63) is 39.7 Å². The van der Waals surface area contributed by atoms with Gasteiger partial charge in [0.1, 0.15) is 5.01 Å². The maximum absolute atomic E-state index is 11.3. The Morgan fingerprint density at radius 1 is 1.50 bits per heavy atom. The largest absolute Gasteiger partial charge is 0.481 e. The molecule has 1 N–H and O–H groups in total. The summed E-state index contributed by atoms with van der Waals surface area (Å²) in [6.07, 6.45) is 0.686. The molecule has 1 fully saturated rings. The van der Waals surface area contributed by atoms with Crippen molar-refractivity contribution in [3.63, 3.8) is 0 Å². The van der Waals surface area contributed by atoms with Gasteiger partial charge in [0.25, 0.3) is 0 Å². The summed E-state index contributed by atoms with van der Waals surface area (Å²) in [6, 6.07) is 7.66. The van der Waals surface area contributed by atoms with Gasteiger partial charge in [-0.15, -0.1) is 11.3 Å². The standard InChI is InChI=1S/C16H17ClN2O2S/c1-16(15(20)21)6-7-19(10-16)8-14-18-13(9-22-14)11-4-2-3-5-12(11)17/h2-5,9H,6-8,10H2,1H3,(H,20,21). The van der Waals surface area contributed by atoms with Crippen LogP contribution in [0, 0.1) is 5.41 Å². The van der Waals surface area contributed by atoms with E-state index in [-0.39, 0.29) is 0 Å². The zero-order chi connectivity index (χ0) is 15.7. The van der Waals surface area contributed by atoms with Crippen molar-refractivity contribution < 1.29 is 9.90 Å². The van der Waals surface area contributed by atoms with Gasteiger partial charge >= 0.3 is 5.97 Å². The average Bonchev–Trinajstić information content (AvgIpc) is 3.08. The number of aromatic nitrogens is 1. The van der Waals surface area contributed by atoms with Crippen LogP contribution in [0.15, 0.2) is 29.6 Å². The number of thiazole rings is 1. The third-order valence-corrected chi connectivity index (χ3v) is 5.29. The van der Waals surface area contributed by atoms with Crippen LogP contribution in [0.1, 0.15) is 18.4 Å². The molecule has 0 aliphatic carbocycles. The fourth-order valence-electron chi connectivity index (χ4n) is 2.73. The van der Waals surface area contributed by atoms with Gasteiger partial charge in [0, 0.05) is 22.5 Å². The molecule has 3 rings (SSSR count). The Hall–Kier alpha value is -1.43. The summed E-state index contributed by atoms with van der Waals surface area (Å²) < 4.78 is 0. The molecule has 22 heavy (non-hydrogen) atoms. The second-order valence-electron chi connectivity index (χ2n) is 5.93. The zero-order valence-electron chi connectivity index (χ0n) is 12.3. The first-order valence-electron chi connectivity index (χ1n) is 7.13. The van der Waals surface area contributed by atoms with E-state index < -0.39 is 11.4 Å².